The zero-order chi connectivity index (χ0) is 12.4. The van der Waals surface area contributed by atoms with E-state index in [1.165, 1.54) is 12.3 Å². The lowest BCUT2D eigenvalue weighted by atomic mass is 10.1. The van der Waals surface area contributed by atoms with Gasteiger partial charge in [0.1, 0.15) is 0 Å². The molecule has 0 atom stereocenters. The van der Waals surface area contributed by atoms with Gasteiger partial charge in [0.05, 0.1) is 0 Å². The lowest BCUT2D eigenvalue weighted by Crippen LogP contribution is -2.40. The van der Waals surface area contributed by atoms with Crippen LogP contribution in [0.5, 0.6) is 0 Å². The number of hydrogen-bond acceptors (Lipinski definition) is 4. The molecule has 6 heteroatoms. The maximum absolute atomic E-state index is 11.8. The minimum atomic E-state index is -3.54. The molecule has 0 saturated carbocycles. The molecular formula is C10H17N3O2S. The van der Waals surface area contributed by atoms with Crippen LogP contribution in [-0.2, 0) is 16.6 Å². The molecular weight excluding hydrogens is 226 g/mol. The summed E-state index contributed by atoms with van der Waals surface area (Å²) in [5, 5.41) is 0.0135. The number of nitrogens with one attached hydrogen (secondary N) is 1. The van der Waals surface area contributed by atoms with E-state index in [1.54, 1.807) is 26.8 Å². The molecule has 1 rings (SSSR count). The predicted octanol–water partition coefficient (Wildman–Crippen LogP) is 0.617. The number of nitrogens with two attached hydrogens (primary N) is 1. The zero-order valence-corrected chi connectivity index (χ0v) is 10.5. The van der Waals surface area contributed by atoms with Crippen molar-refractivity contribution in [3.8, 4) is 0 Å². The maximum atomic E-state index is 11.8. The normalized spacial score (nSPS) is 12.8. The molecule has 0 aliphatic carbocycles. The van der Waals surface area contributed by atoms with E-state index >= 15 is 0 Å². The molecule has 0 radical (unpaired) electrons. The molecule has 1 aromatic heterocycles. The quantitative estimate of drug-likeness (QED) is 0.815. The number of sulfonamides is 1. The fourth-order valence-electron chi connectivity index (χ4n) is 1.15. The van der Waals surface area contributed by atoms with Crippen molar-refractivity contribution >= 4 is 10.0 Å². The first kappa shape index (κ1) is 13.1. The van der Waals surface area contributed by atoms with E-state index in [2.05, 4.69) is 9.71 Å². The van der Waals surface area contributed by atoms with Crippen LogP contribution in [0.2, 0.25) is 0 Å². The molecule has 0 aliphatic heterocycles. The van der Waals surface area contributed by atoms with Crippen molar-refractivity contribution in [3.05, 3.63) is 23.9 Å². The summed E-state index contributed by atoms with van der Waals surface area (Å²) in [5.74, 6) is 0. The molecule has 3 N–H and O–H groups in total. The third-order valence-electron chi connectivity index (χ3n) is 1.75. The van der Waals surface area contributed by atoms with Crippen molar-refractivity contribution in [2.75, 3.05) is 0 Å². The van der Waals surface area contributed by atoms with Crippen LogP contribution in [0.4, 0.5) is 0 Å². The lowest BCUT2D eigenvalue weighted by molar-refractivity contribution is 0.489. The molecule has 0 spiro atoms. The molecule has 0 saturated heterocycles. The molecule has 0 aromatic carbocycles. The monoisotopic (exact) mass is 243 g/mol. The van der Waals surface area contributed by atoms with Gasteiger partial charge >= 0.3 is 0 Å². The van der Waals surface area contributed by atoms with Crippen LogP contribution >= 0.6 is 0 Å². The largest absolute Gasteiger partial charge is 0.326 e. The van der Waals surface area contributed by atoms with E-state index in [1.807, 2.05) is 0 Å². The van der Waals surface area contributed by atoms with Crippen molar-refractivity contribution in [2.24, 2.45) is 5.73 Å². The van der Waals surface area contributed by atoms with Gasteiger partial charge in [-0.05, 0) is 32.4 Å². The highest BCUT2D eigenvalue weighted by Gasteiger charge is 2.22. The first-order valence-corrected chi connectivity index (χ1v) is 6.42. The maximum Gasteiger partial charge on any atom is 0.258 e. The molecule has 1 aromatic rings. The number of rotatable bonds is 3. The predicted molar refractivity (Wildman–Crippen MR) is 62.2 cm³/mol. The Balaban J connectivity index is 2.99. The number of nitrogens with zero attached hydrogens (tertiary/aromatic N) is 1. The number of pyridine rings is 1. The van der Waals surface area contributed by atoms with Crippen LogP contribution in [0, 0.1) is 0 Å². The average molecular weight is 243 g/mol. The summed E-state index contributed by atoms with van der Waals surface area (Å²) >= 11 is 0. The van der Waals surface area contributed by atoms with E-state index < -0.39 is 15.6 Å². The number of aromatic nitrogens is 1. The minimum absolute atomic E-state index is 0.0135. The van der Waals surface area contributed by atoms with E-state index in [-0.39, 0.29) is 5.03 Å². The Labute approximate surface area is 96.1 Å². The van der Waals surface area contributed by atoms with Gasteiger partial charge < -0.3 is 5.73 Å². The smallest absolute Gasteiger partial charge is 0.258 e. The van der Waals surface area contributed by atoms with Gasteiger partial charge in [-0.1, -0.05) is 6.07 Å². The van der Waals surface area contributed by atoms with Crippen molar-refractivity contribution in [2.45, 2.75) is 37.9 Å². The van der Waals surface area contributed by atoms with Gasteiger partial charge in [0.25, 0.3) is 10.0 Å². The topological polar surface area (TPSA) is 85.1 Å². The van der Waals surface area contributed by atoms with Crippen molar-refractivity contribution in [3.63, 3.8) is 0 Å². The van der Waals surface area contributed by atoms with Crippen LogP contribution in [-0.4, -0.2) is 18.9 Å². The van der Waals surface area contributed by atoms with Gasteiger partial charge in [-0.15, -0.1) is 0 Å². The SMILES string of the molecule is CC(C)(C)NS(=O)(=O)c1ccc(CN)cn1. The van der Waals surface area contributed by atoms with Gasteiger partial charge in [0.15, 0.2) is 5.03 Å². The van der Waals surface area contributed by atoms with Gasteiger partial charge in [-0.3, -0.25) is 0 Å². The summed E-state index contributed by atoms with van der Waals surface area (Å²) in [4.78, 5) is 3.87. The summed E-state index contributed by atoms with van der Waals surface area (Å²) in [6.45, 7) is 5.68. The summed E-state index contributed by atoms with van der Waals surface area (Å²) in [7, 11) is -3.54. The highest BCUT2D eigenvalue weighted by molar-refractivity contribution is 7.89. The Morgan fingerprint density at radius 1 is 1.38 bits per heavy atom. The summed E-state index contributed by atoms with van der Waals surface area (Å²) in [5.41, 5.74) is 5.69. The molecule has 0 amide bonds. The van der Waals surface area contributed by atoms with Crippen molar-refractivity contribution in [1.82, 2.24) is 9.71 Å². The second kappa shape index (κ2) is 4.48. The molecule has 16 heavy (non-hydrogen) atoms. The summed E-state index contributed by atoms with van der Waals surface area (Å²) in [6, 6.07) is 3.11. The van der Waals surface area contributed by atoms with Crippen molar-refractivity contribution in [1.29, 1.82) is 0 Å². The Morgan fingerprint density at radius 3 is 2.38 bits per heavy atom. The molecule has 5 nitrogen and oxygen atoms in total. The lowest BCUT2D eigenvalue weighted by Gasteiger charge is -2.19. The van der Waals surface area contributed by atoms with Crippen LogP contribution in [0.1, 0.15) is 26.3 Å². The summed E-state index contributed by atoms with van der Waals surface area (Å²) < 4.78 is 26.2. The van der Waals surface area contributed by atoms with E-state index in [4.69, 9.17) is 5.73 Å². The third kappa shape index (κ3) is 3.55. The zero-order valence-electron chi connectivity index (χ0n) is 9.69. The fraction of sp³-hybridized carbons (Fsp3) is 0.500. The van der Waals surface area contributed by atoms with Crippen LogP contribution in [0.3, 0.4) is 0 Å². The average Bonchev–Trinajstić information content (AvgIpc) is 2.14. The van der Waals surface area contributed by atoms with Crippen LogP contribution < -0.4 is 10.5 Å². The van der Waals surface area contributed by atoms with E-state index in [9.17, 15) is 8.42 Å². The van der Waals surface area contributed by atoms with Crippen molar-refractivity contribution < 1.29 is 8.42 Å². The highest BCUT2D eigenvalue weighted by atomic mass is 32.2. The van der Waals surface area contributed by atoms with E-state index in [0.29, 0.717) is 6.54 Å². The first-order valence-electron chi connectivity index (χ1n) is 4.93. The number of hydrogen-bond donors (Lipinski definition) is 2. The van der Waals surface area contributed by atoms with E-state index in [0.717, 1.165) is 5.56 Å². The molecule has 0 aliphatic rings. The molecule has 0 unspecified atom stereocenters. The molecule has 90 valence electrons. The second-order valence-corrected chi connectivity index (χ2v) is 6.19. The van der Waals surface area contributed by atoms with Crippen LogP contribution in [0.15, 0.2) is 23.4 Å². The molecule has 0 bridgehead atoms. The van der Waals surface area contributed by atoms with Gasteiger partial charge in [0.2, 0.25) is 0 Å². The molecule has 1 heterocycles. The third-order valence-corrected chi connectivity index (χ3v) is 3.42. The fourth-order valence-corrected chi connectivity index (χ4v) is 2.50. The Kier molecular flexibility index (Phi) is 3.67. The van der Waals surface area contributed by atoms with Gasteiger partial charge in [-0.25, -0.2) is 18.1 Å². The highest BCUT2D eigenvalue weighted by Crippen LogP contribution is 2.10. The van der Waals surface area contributed by atoms with Gasteiger partial charge in [-0.2, -0.15) is 0 Å². The van der Waals surface area contributed by atoms with Crippen LogP contribution in [0.25, 0.3) is 0 Å². The standard InChI is InChI=1S/C10H17N3O2S/c1-10(2,3)13-16(14,15)9-5-4-8(6-11)7-12-9/h4-5,7,13H,6,11H2,1-3H3. The Hall–Kier alpha value is -0.980. The van der Waals surface area contributed by atoms with Gasteiger partial charge in [0, 0.05) is 18.3 Å². The summed E-state index contributed by atoms with van der Waals surface area (Å²) in [6.07, 6.45) is 1.47. The second-order valence-electron chi connectivity index (χ2n) is 4.56. The molecule has 0 fully saturated rings. The minimum Gasteiger partial charge on any atom is -0.326 e. The Bertz CT molecular complexity index is 446. The Morgan fingerprint density at radius 2 is 2.00 bits per heavy atom. The first-order chi connectivity index (χ1) is 7.24.